The Kier molecular flexibility index (Phi) is 9.90. The molecule has 4 heteroatoms. The van der Waals surface area contributed by atoms with Crippen LogP contribution < -0.4 is 10.6 Å². The number of aliphatic imine (C=N–C) groups is 1. The molecule has 0 bridgehead atoms. The van der Waals surface area contributed by atoms with E-state index >= 15 is 0 Å². The summed E-state index contributed by atoms with van der Waals surface area (Å²) in [5.74, 6) is 0.896. The van der Waals surface area contributed by atoms with Gasteiger partial charge in [-0.15, -0.1) is 24.0 Å². The molecule has 0 heterocycles. The Morgan fingerprint density at radius 2 is 1.82 bits per heavy atom. The van der Waals surface area contributed by atoms with Gasteiger partial charge in [0, 0.05) is 13.1 Å². The summed E-state index contributed by atoms with van der Waals surface area (Å²) in [6.45, 7) is 6.80. The van der Waals surface area contributed by atoms with Crippen LogP contribution in [0.15, 0.2) is 35.3 Å². The zero-order valence-electron chi connectivity index (χ0n) is 10.6. The van der Waals surface area contributed by atoms with E-state index in [1.807, 2.05) is 18.2 Å². The van der Waals surface area contributed by atoms with E-state index < -0.39 is 0 Å². The maximum Gasteiger partial charge on any atom is 0.191 e. The molecule has 0 saturated heterocycles. The molecule has 0 saturated carbocycles. The second kappa shape index (κ2) is 10.4. The van der Waals surface area contributed by atoms with Gasteiger partial charge in [-0.05, 0) is 18.9 Å². The van der Waals surface area contributed by atoms with Crippen molar-refractivity contribution in [2.24, 2.45) is 4.99 Å². The van der Waals surface area contributed by atoms with Gasteiger partial charge in [-0.1, -0.05) is 37.3 Å². The molecule has 3 nitrogen and oxygen atoms in total. The van der Waals surface area contributed by atoms with Crippen LogP contribution in [0.1, 0.15) is 25.8 Å². The lowest BCUT2D eigenvalue weighted by atomic mass is 10.2. The smallest absolute Gasteiger partial charge is 0.191 e. The largest absolute Gasteiger partial charge is 0.357 e. The van der Waals surface area contributed by atoms with Crippen LogP contribution in [0.2, 0.25) is 0 Å². The average molecular weight is 347 g/mol. The lowest BCUT2D eigenvalue weighted by Gasteiger charge is -2.09. The van der Waals surface area contributed by atoms with E-state index in [9.17, 15) is 0 Å². The summed E-state index contributed by atoms with van der Waals surface area (Å²) >= 11 is 0. The molecule has 1 rings (SSSR count). The highest BCUT2D eigenvalue weighted by molar-refractivity contribution is 14.0. The fourth-order valence-corrected chi connectivity index (χ4v) is 1.34. The third-order valence-corrected chi connectivity index (χ3v) is 2.15. The minimum atomic E-state index is 0. The molecule has 0 fully saturated rings. The second-order valence-electron chi connectivity index (χ2n) is 3.61. The number of nitrogens with one attached hydrogen (secondary N) is 2. The van der Waals surface area contributed by atoms with Gasteiger partial charge in [0.1, 0.15) is 0 Å². The molecule has 2 N–H and O–H groups in total. The van der Waals surface area contributed by atoms with Crippen LogP contribution in [0.3, 0.4) is 0 Å². The molecule has 0 aliphatic carbocycles. The normalized spacial score (nSPS) is 10.6. The van der Waals surface area contributed by atoms with Gasteiger partial charge in [-0.2, -0.15) is 0 Å². The van der Waals surface area contributed by atoms with Gasteiger partial charge >= 0.3 is 0 Å². The van der Waals surface area contributed by atoms with Crippen molar-refractivity contribution in [1.82, 2.24) is 10.6 Å². The van der Waals surface area contributed by atoms with Gasteiger partial charge in [0.25, 0.3) is 0 Å². The third kappa shape index (κ3) is 7.20. The zero-order valence-corrected chi connectivity index (χ0v) is 12.9. The summed E-state index contributed by atoms with van der Waals surface area (Å²) in [6.07, 6.45) is 1.11. The van der Waals surface area contributed by atoms with E-state index in [4.69, 9.17) is 0 Å². The Labute approximate surface area is 121 Å². The number of benzene rings is 1. The average Bonchev–Trinajstić information content (AvgIpc) is 2.34. The van der Waals surface area contributed by atoms with Gasteiger partial charge in [0.2, 0.25) is 0 Å². The van der Waals surface area contributed by atoms with Crippen LogP contribution in [0, 0.1) is 0 Å². The summed E-state index contributed by atoms with van der Waals surface area (Å²) in [5.41, 5.74) is 1.23. The Balaban J connectivity index is 0.00000256. The lowest BCUT2D eigenvalue weighted by molar-refractivity contribution is 0.785. The second-order valence-corrected chi connectivity index (χ2v) is 3.61. The van der Waals surface area contributed by atoms with Crippen molar-refractivity contribution in [3.8, 4) is 0 Å². The maximum absolute atomic E-state index is 4.52. The first-order valence-corrected chi connectivity index (χ1v) is 5.93. The summed E-state index contributed by atoms with van der Waals surface area (Å²) in [4.78, 5) is 4.52. The highest BCUT2D eigenvalue weighted by atomic mass is 127. The van der Waals surface area contributed by atoms with Crippen LogP contribution >= 0.6 is 24.0 Å². The predicted octanol–water partition coefficient (Wildman–Crippen LogP) is 2.77. The monoisotopic (exact) mass is 347 g/mol. The standard InChI is InChI=1S/C13H21N3.HI/c1-3-10-15-13(14-4-2)16-11-12-8-6-5-7-9-12;/h5-9H,3-4,10-11H2,1-2H3,(H2,14,15,16);1H. The van der Waals surface area contributed by atoms with Crippen molar-refractivity contribution < 1.29 is 0 Å². The topological polar surface area (TPSA) is 36.4 Å². The van der Waals surface area contributed by atoms with E-state index in [-0.39, 0.29) is 24.0 Å². The fraction of sp³-hybridized carbons (Fsp3) is 0.462. The van der Waals surface area contributed by atoms with E-state index in [0.29, 0.717) is 0 Å². The Bertz CT molecular complexity index is 312. The van der Waals surface area contributed by atoms with Gasteiger partial charge in [-0.3, -0.25) is 0 Å². The summed E-state index contributed by atoms with van der Waals surface area (Å²) in [7, 11) is 0. The van der Waals surface area contributed by atoms with Crippen molar-refractivity contribution in [3.05, 3.63) is 35.9 Å². The quantitative estimate of drug-likeness (QED) is 0.488. The Morgan fingerprint density at radius 3 is 2.41 bits per heavy atom. The number of hydrogen-bond donors (Lipinski definition) is 2. The molecule has 0 unspecified atom stereocenters. The molecule has 0 radical (unpaired) electrons. The number of rotatable bonds is 5. The molecule has 0 amide bonds. The number of hydrogen-bond acceptors (Lipinski definition) is 1. The lowest BCUT2D eigenvalue weighted by Crippen LogP contribution is -2.37. The molecule has 17 heavy (non-hydrogen) atoms. The van der Waals surface area contributed by atoms with Crippen LogP contribution in [0.4, 0.5) is 0 Å². The highest BCUT2D eigenvalue weighted by Gasteiger charge is 1.95. The van der Waals surface area contributed by atoms with Crippen LogP contribution in [-0.4, -0.2) is 19.0 Å². The van der Waals surface area contributed by atoms with Gasteiger partial charge in [0.05, 0.1) is 6.54 Å². The SMILES string of the molecule is CCCNC(=NCc1ccccc1)NCC.I. The Morgan fingerprint density at radius 1 is 1.12 bits per heavy atom. The molecule has 0 aliphatic heterocycles. The van der Waals surface area contributed by atoms with Gasteiger partial charge in [0.15, 0.2) is 5.96 Å². The van der Waals surface area contributed by atoms with Crippen molar-refractivity contribution in [2.45, 2.75) is 26.8 Å². The summed E-state index contributed by atoms with van der Waals surface area (Å²) < 4.78 is 0. The van der Waals surface area contributed by atoms with E-state index in [2.05, 4.69) is 41.6 Å². The van der Waals surface area contributed by atoms with Crippen LogP contribution in [0.25, 0.3) is 0 Å². The van der Waals surface area contributed by atoms with Crippen LogP contribution in [0.5, 0.6) is 0 Å². The maximum atomic E-state index is 4.52. The van der Waals surface area contributed by atoms with E-state index in [1.165, 1.54) is 5.56 Å². The molecular weight excluding hydrogens is 325 g/mol. The Hall–Kier alpha value is -0.780. The first-order chi connectivity index (χ1) is 7.86. The minimum absolute atomic E-state index is 0. The molecule has 1 aromatic carbocycles. The van der Waals surface area contributed by atoms with Crippen LogP contribution in [-0.2, 0) is 6.54 Å². The minimum Gasteiger partial charge on any atom is -0.357 e. The molecule has 96 valence electrons. The van der Waals surface area contributed by atoms with Gasteiger partial charge in [-0.25, -0.2) is 4.99 Å². The first kappa shape index (κ1) is 16.2. The van der Waals surface area contributed by atoms with E-state index in [0.717, 1.165) is 32.0 Å². The number of nitrogens with zero attached hydrogens (tertiary/aromatic N) is 1. The van der Waals surface area contributed by atoms with Crippen molar-refractivity contribution in [2.75, 3.05) is 13.1 Å². The number of halogens is 1. The van der Waals surface area contributed by atoms with Gasteiger partial charge < -0.3 is 10.6 Å². The predicted molar refractivity (Wildman–Crippen MR) is 85.0 cm³/mol. The molecule has 1 aromatic rings. The molecular formula is C13H22IN3. The molecule has 0 spiro atoms. The molecule has 0 aromatic heterocycles. The van der Waals surface area contributed by atoms with Crippen molar-refractivity contribution >= 4 is 29.9 Å². The zero-order chi connectivity index (χ0) is 11.6. The third-order valence-electron chi connectivity index (χ3n) is 2.15. The summed E-state index contributed by atoms with van der Waals surface area (Å²) in [6, 6.07) is 10.3. The van der Waals surface area contributed by atoms with E-state index in [1.54, 1.807) is 0 Å². The molecule has 0 atom stereocenters. The first-order valence-electron chi connectivity index (χ1n) is 5.93. The highest BCUT2D eigenvalue weighted by Crippen LogP contribution is 1.99. The molecule has 0 aliphatic rings. The number of guanidine groups is 1. The summed E-state index contributed by atoms with van der Waals surface area (Å²) in [5, 5.41) is 6.51. The van der Waals surface area contributed by atoms with Crippen molar-refractivity contribution in [3.63, 3.8) is 0 Å². The fourth-order valence-electron chi connectivity index (χ4n) is 1.34. The van der Waals surface area contributed by atoms with Crippen molar-refractivity contribution in [1.29, 1.82) is 0 Å².